The van der Waals surface area contributed by atoms with E-state index < -0.39 is 0 Å². The van der Waals surface area contributed by atoms with Crippen molar-refractivity contribution in [3.05, 3.63) is 11.6 Å². The second-order valence-electron chi connectivity index (χ2n) is 7.72. The van der Waals surface area contributed by atoms with E-state index in [2.05, 4.69) is 36.9 Å². The van der Waals surface area contributed by atoms with Gasteiger partial charge in [-0.25, -0.2) is 9.99 Å². The SMILES string of the molecule is CCC(OC)C1CCN(Nc2nc(Cl)nc3c2ncn3C2CCCC2)CC1. The van der Waals surface area contributed by atoms with E-state index >= 15 is 0 Å². The van der Waals surface area contributed by atoms with Crippen LogP contribution in [0.15, 0.2) is 6.33 Å². The summed E-state index contributed by atoms with van der Waals surface area (Å²) in [6, 6.07) is 0.476. The van der Waals surface area contributed by atoms with E-state index in [1.807, 2.05) is 13.4 Å². The van der Waals surface area contributed by atoms with Gasteiger partial charge in [-0.3, -0.25) is 0 Å². The molecule has 1 saturated heterocycles. The number of imidazole rings is 1. The third-order valence-electron chi connectivity index (χ3n) is 6.15. The predicted octanol–water partition coefficient (Wildman–Crippen LogP) is 4.06. The lowest BCUT2D eigenvalue weighted by Crippen LogP contribution is -2.41. The van der Waals surface area contributed by atoms with Gasteiger partial charge >= 0.3 is 0 Å². The van der Waals surface area contributed by atoms with Crippen LogP contribution in [0.1, 0.15) is 57.9 Å². The molecular formula is C19H29ClN6O. The Hall–Kier alpha value is -1.44. The lowest BCUT2D eigenvalue weighted by Gasteiger charge is -2.35. The van der Waals surface area contributed by atoms with Gasteiger partial charge in [0.15, 0.2) is 17.0 Å². The van der Waals surface area contributed by atoms with Gasteiger partial charge in [-0.2, -0.15) is 9.97 Å². The number of rotatable bonds is 6. The normalized spacial score (nSPS) is 21.1. The van der Waals surface area contributed by atoms with Crippen molar-refractivity contribution in [2.24, 2.45) is 5.92 Å². The Morgan fingerprint density at radius 1 is 1.22 bits per heavy atom. The van der Waals surface area contributed by atoms with Crippen LogP contribution in [0.5, 0.6) is 0 Å². The molecule has 1 N–H and O–H groups in total. The molecule has 3 heterocycles. The molecule has 2 fully saturated rings. The van der Waals surface area contributed by atoms with Crippen molar-refractivity contribution in [3.8, 4) is 0 Å². The van der Waals surface area contributed by atoms with Crippen LogP contribution in [0.25, 0.3) is 11.2 Å². The van der Waals surface area contributed by atoms with E-state index in [0.29, 0.717) is 23.9 Å². The number of halogens is 1. The van der Waals surface area contributed by atoms with Gasteiger partial charge in [0.05, 0.1) is 12.4 Å². The number of hydrazine groups is 1. The third-order valence-corrected chi connectivity index (χ3v) is 6.32. The quantitative estimate of drug-likeness (QED) is 0.747. The monoisotopic (exact) mass is 392 g/mol. The summed E-state index contributed by atoms with van der Waals surface area (Å²) in [6.45, 7) is 4.10. The molecule has 4 rings (SSSR count). The number of nitrogens with one attached hydrogen (secondary N) is 1. The molecule has 1 aliphatic heterocycles. The van der Waals surface area contributed by atoms with Crippen molar-refractivity contribution in [1.29, 1.82) is 0 Å². The minimum atomic E-state index is 0.269. The second kappa shape index (κ2) is 8.29. The zero-order valence-electron chi connectivity index (χ0n) is 16.2. The van der Waals surface area contributed by atoms with Crippen LogP contribution in [0.4, 0.5) is 5.82 Å². The molecule has 2 aliphatic rings. The summed E-state index contributed by atoms with van der Waals surface area (Å²) in [6.07, 6.45) is 10.4. The lowest BCUT2D eigenvalue weighted by atomic mass is 9.90. The molecule has 7 nitrogen and oxygen atoms in total. The van der Waals surface area contributed by atoms with Crippen LogP contribution in [0, 0.1) is 5.92 Å². The van der Waals surface area contributed by atoms with E-state index in [1.54, 1.807) is 0 Å². The molecule has 1 aliphatic carbocycles. The summed E-state index contributed by atoms with van der Waals surface area (Å²) in [7, 11) is 1.82. The average Bonchev–Trinajstić information content (AvgIpc) is 3.33. The number of methoxy groups -OCH3 is 1. The maximum atomic E-state index is 6.24. The zero-order chi connectivity index (χ0) is 18.8. The molecule has 0 bridgehead atoms. The van der Waals surface area contributed by atoms with Gasteiger partial charge in [0.1, 0.15) is 0 Å². The van der Waals surface area contributed by atoms with Gasteiger partial charge < -0.3 is 14.7 Å². The van der Waals surface area contributed by atoms with Crippen LogP contribution in [0.2, 0.25) is 5.28 Å². The summed E-state index contributed by atoms with van der Waals surface area (Å²) < 4.78 is 7.81. The number of ether oxygens (including phenoxy) is 1. The van der Waals surface area contributed by atoms with Crippen LogP contribution in [-0.4, -0.2) is 50.8 Å². The zero-order valence-corrected chi connectivity index (χ0v) is 17.0. The van der Waals surface area contributed by atoms with E-state index in [1.165, 1.54) is 25.7 Å². The van der Waals surface area contributed by atoms with Crippen molar-refractivity contribution in [2.75, 3.05) is 25.6 Å². The first-order chi connectivity index (χ1) is 13.2. The molecule has 1 atom stereocenters. The summed E-state index contributed by atoms with van der Waals surface area (Å²) in [4.78, 5) is 13.5. The predicted molar refractivity (Wildman–Crippen MR) is 107 cm³/mol. The van der Waals surface area contributed by atoms with Gasteiger partial charge in [-0.15, -0.1) is 0 Å². The fourth-order valence-corrected chi connectivity index (χ4v) is 4.81. The van der Waals surface area contributed by atoms with Crippen molar-refractivity contribution in [3.63, 3.8) is 0 Å². The molecule has 2 aromatic heterocycles. The number of hydrogen-bond acceptors (Lipinski definition) is 6. The lowest BCUT2D eigenvalue weighted by molar-refractivity contribution is 0.0229. The first kappa shape index (κ1) is 18.9. The molecule has 0 amide bonds. The van der Waals surface area contributed by atoms with Crippen molar-refractivity contribution < 1.29 is 4.74 Å². The first-order valence-electron chi connectivity index (χ1n) is 10.1. The molecule has 27 heavy (non-hydrogen) atoms. The molecule has 0 radical (unpaired) electrons. The highest BCUT2D eigenvalue weighted by Gasteiger charge is 2.27. The molecule has 8 heteroatoms. The van der Waals surface area contributed by atoms with Gasteiger partial charge in [0.25, 0.3) is 0 Å². The van der Waals surface area contributed by atoms with Gasteiger partial charge in [-0.05, 0) is 49.6 Å². The first-order valence-corrected chi connectivity index (χ1v) is 10.5. The van der Waals surface area contributed by atoms with Crippen LogP contribution in [0.3, 0.4) is 0 Å². The maximum Gasteiger partial charge on any atom is 0.226 e. The highest BCUT2D eigenvalue weighted by molar-refractivity contribution is 6.28. The second-order valence-corrected chi connectivity index (χ2v) is 8.06. The highest BCUT2D eigenvalue weighted by atomic mass is 35.5. The number of aromatic nitrogens is 4. The average molecular weight is 393 g/mol. The van der Waals surface area contributed by atoms with Crippen molar-refractivity contribution >= 4 is 28.6 Å². The number of piperidine rings is 1. The van der Waals surface area contributed by atoms with Gasteiger partial charge in [0.2, 0.25) is 5.28 Å². The van der Waals surface area contributed by atoms with Gasteiger partial charge in [-0.1, -0.05) is 19.8 Å². The molecule has 0 spiro atoms. The van der Waals surface area contributed by atoms with Crippen LogP contribution >= 0.6 is 11.6 Å². The number of fused-ring (bicyclic) bond motifs is 1. The summed E-state index contributed by atoms with van der Waals surface area (Å²) in [5.41, 5.74) is 5.09. The molecule has 2 aromatic rings. The van der Waals surface area contributed by atoms with Crippen molar-refractivity contribution in [1.82, 2.24) is 24.5 Å². The standard InChI is InChI=1S/C19H29ClN6O/c1-3-15(27-2)13-8-10-25(11-9-13)24-17-16-18(23-19(20)22-17)26(12-21-16)14-6-4-5-7-14/h12-15H,3-11H2,1-2H3,(H,22,23,24). The molecule has 148 valence electrons. The van der Waals surface area contributed by atoms with Gasteiger partial charge in [0, 0.05) is 26.2 Å². The Morgan fingerprint density at radius 2 is 1.96 bits per heavy atom. The number of anilines is 1. The molecule has 1 saturated carbocycles. The third kappa shape index (κ3) is 3.91. The maximum absolute atomic E-state index is 6.24. The van der Waals surface area contributed by atoms with E-state index in [0.717, 1.165) is 43.5 Å². The topological polar surface area (TPSA) is 68.1 Å². The van der Waals surface area contributed by atoms with Crippen LogP contribution < -0.4 is 5.43 Å². The Balaban J connectivity index is 1.49. The Kier molecular flexibility index (Phi) is 5.80. The fourth-order valence-electron chi connectivity index (χ4n) is 4.64. The number of nitrogens with zero attached hydrogens (tertiary/aromatic N) is 5. The Morgan fingerprint density at radius 3 is 2.63 bits per heavy atom. The minimum absolute atomic E-state index is 0.269. The van der Waals surface area contributed by atoms with E-state index in [4.69, 9.17) is 16.3 Å². The smallest absolute Gasteiger partial charge is 0.226 e. The minimum Gasteiger partial charge on any atom is -0.381 e. The molecule has 1 unspecified atom stereocenters. The fraction of sp³-hybridized carbons (Fsp3) is 0.737. The number of hydrogen-bond donors (Lipinski definition) is 1. The summed E-state index contributed by atoms with van der Waals surface area (Å²) in [5, 5.41) is 2.48. The van der Waals surface area contributed by atoms with Crippen molar-refractivity contribution in [2.45, 2.75) is 64.0 Å². The highest BCUT2D eigenvalue weighted by Crippen LogP contribution is 2.33. The largest absolute Gasteiger partial charge is 0.381 e. The Bertz CT molecular complexity index is 763. The van der Waals surface area contributed by atoms with Crippen LogP contribution in [-0.2, 0) is 4.74 Å². The van der Waals surface area contributed by atoms with E-state index in [-0.39, 0.29) is 5.28 Å². The molecular weight excluding hydrogens is 364 g/mol. The van der Waals surface area contributed by atoms with E-state index in [9.17, 15) is 0 Å². The summed E-state index contributed by atoms with van der Waals surface area (Å²) >= 11 is 6.24. The Labute approximate surface area is 165 Å². The molecule has 0 aromatic carbocycles. The summed E-state index contributed by atoms with van der Waals surface area (Å²) in [5.74, 6) is 1.33.